The molecule has 0 radical (unpaired) electrons. The molecule has 1 rings (SSSR count). The van der Waals surface area contributed by atoms with Gasteiger partial charge in [-0.2, -0.15) is 0 Å². The number of hydrogen-bond donors (Lipinski definition) is 2. The molecule has 0 saturated heterocycles. The van der Waals surface area contributed by atoms with Crippen molar-refractivity contribution in [3.8, 4) is 0 Å². The number of carboxylic acid groups (broad SMARTS) is 1. The molecular weight excluding hydrogens is 220 g/mol. The normalized spacial score (nSPS) is 16.6. The maximum Gasteiger partial charge on any atom is 0.323 e. The van der Waals surface area contributed by atoms with Crippen molar-refractivity contribution in [2.24, 2.45) is 5.92 Å². The van der Waals surface area contributed by atoms with Crippen LogP contribution in [-0.4, -0.2) is 47.6 Å². The van der Waals surface area contributed by atoms with Gasteiger partial charge in [-0.25, -0.2) is 0 Å². The van der Waals surface area contributed by atoms with E-state index in [1.807, 2.05) is 13.8 Å². The summed E-state index contributed by atoms with van der Waals surface area (Å²) in [6, 6.07) is -0.0266. The van der Waals surface area contributed by atoms with Crippen molar-refractivity contribution >= 4 is 11.9 Å². The Morgan fingerprint density at radius 3 is 2.59 bits per heavy atom. The van der Waals surface area contributed by atoms with E-state index < -0.39 is 5.97 Å². The highest BCUT2D eigenvalue weighted by Gasteiger charge is 2.23. The SMILES string of the molecule is CCC(C)N(CC(=O)O)C(=O)CNCC1CC1. The second-order valence-corrected chi connectivity index (χ2v) is 4.75. The summed E-state index contributed by atoms with van der Waals surface area (Å²) in [5.41, 5.74) is 0. The first-order valence-corrected chi connectivity index (χ1v) is 6.26. The van der Waals surface area contributed by atoms with Crippen LogP contribution < -0.4 is 5.32 Å². The lowest BCUT2D eigenvalue weighted by molar-refractivity contribution is -0.145. The molecule has 1 aliphatic carbocycles. The third kappa shape index (κ3) is 5.17. The van der Waals surface area contributed by atoms with Crippen LogP contribution in [0.1, 0.15) is 33.1 Å². The molecule has 1 atom stereocenters. The number of carbonyl (C=O) groups is 2. The standard InChI is InChI=1S/C12H22N2O3/c1-3-9(2)14(8-12(16)17)11(15)7-13-6-10-4-5-10/h9-10,13H,3-8H2,1-2H3,(H,16,17). The monoisotopic (exact) mass is 242 g/mol. The summed E-state index contributed by atoms with van der Waals surface area (Å²) in [6.45, 7) is 4.73. The molecule has 1 unspecified atom stereocenters. The van der Waals surface area contributed by atoms with E-state index >= 15 is 0 Å². The molecule has 0 bridgehead atoms. The van der Waals surface area contributed by atoms with Crippen molar-refractivity contribution in [1.82, 2.24) is 10.2 Å². The molecule has 98 valence electrons. The van der Waals surface area contributed by atoms with Gasteiger partial charge in [0.2, 0.25) is 5.91 Å². The van der Waals surface area contributed by atoms with Crippen molar-refractivity contribution in [1.29, 1.82) is 0 Å². The Morgan fingerprint density at radius 2 is 2.12 bits per heavy atom. The number of aliphatic carboxylic acids is 1. The molecule has 5 nitrogen and oxygen atoms in total. The number of rotatable bonds is 8. The van der Waals surface area contributed by atoms with E-state index in [-0.39, 0.29) is 25.0 Å². The summed E-state index contributed by atoms with van der Waals surface area (Å²) in [5.74, 6) is -0.359. The number of carboxylic acids is 1. The van der Waals surface area contributed by atoms with E-state index in [2.05, 4.69) is 5.32 Å². The quantitative estimate of drug-likeness (QED) is 0.657. The van der Waals surface area contributed by atoms with Crippen LogP contribution in [0.5, 0.6) is 0 Å². The molecular formula is C12H22N2O3. The van der Waals surface area contributed by atoms with Crippen LogP contribution in [0.3, 0.4) is 0 Å². The van der Waals surface area contributed by atoms with E-state index in [1.54, 1.807) is 0 Å². The summed E-state index contributed by atoms with van der Waals surface area (Å²) in [6.07, 6.45) is 3.25. The minimum atomic E-state index is -0.958. The molecule has 1 aliphatic rings. The van der Waals surface area contributed by atoms with Crippen molar-refractivity contribution in [2.75, 3.05) is 19.6 Å². The van der Waals surface area contributed by atoms with Gasteiger partial charge in [0.05, 0.1) is 6.54 Å². The van der Waals surface area contributed by atoms with Crippen LogP contribution in [-0.2, 0) is 9.59 Å². The van der Waals surface area contributed by atoms with Crippen LogP contribution in [0.25, 0.3) is 0 Å². The zero-order chi connectivity index (χ0) is 12.8. The van der Waals surface area contributed by atoms with E-state index in [9.17, 15) is 9.59 Å². The van der Waals surface area contributed by atoms with Gasteiger partial charge < -0.3 is 15.3 Å². The molecule has 0 aromatic heterocycles. The Morgan fingerprint density at radius 1 is 1.47 bits per heavy atom. The van der Waals surface area contributed by atoms with Crippen molar-refractivity contribution in [2.45, 2.75) is 39.2 Å². The lowest BCUT2D eigenvalue weighted by atomic mass is 10.2. The van der Waals surface area contributed by atoms with Crippen LogP contribution in [0, 0.1) is 5.92 Å². The summed E-state index contributed by atoms with van der Waals surface area (Å²) in [4.78, 5) is 24.0. The Bertz CT molecular complexity index is 277. The van der Waals surface area contributed by atoms with Gasteiger partial charge in [-0.3, -0.25) is 9.59 Å². The van der Waals surface area contributed by atoms with Crippen LogP contribution in [0.4, 0.5) is 0 Å². The van der Waals surface area contributed by atoms with Crippen molar-refractivity contribution < 1.29 is 14.7 Å². The highest BCUT2D eigenvalue weighted by atomic mass is 16.4. The Hall–Kier alpha value is -1.10. The summed E-state index contributed by atoms with van der Waals surface area (Å²) >= 11 is 0. The fraction of sp³-hybridized carbons (Fsp3) is 0.833. The molecule has 17 heavy (non-hydrogen) atoms. The predicted octanol–water partition coefficient (Wildman–Crippen LogP) is 0.698. The third-order valence-corrected chi connectivity index (χ3v) is 3.15. The zero-order valence-corrected chi connectivity index (χ0v) is 10.6. The van der Waals surface area contributed by atoms with Crippen LogP contribution >= 0.6 is 0 Å². The van der Waals surface area contributed by atoms with E-state index in [0.29, 0.717) is 0 Å². The first kappa shape index (κ1) is 14.0. The molecule has 1 fully saturated rings. The lowest BCUT2D eigenvalue weighted by Crippen LogP contribution is -2.46. The average Bonchev–Trinajstić information content (AvgIpc) is 3.08. The molecule has 0 spiro atoms. The summed E-state index contributed by atoms with van der Waals surface area (Å²) in [5, 5.41) is 11.9. The zero-order valence-electron chi connectivity index (χ0n) is 10.6. The average molecular weight is 242 g/mol. The number of nitrogens with zero attached hydrogens (tertiary/aromatic N) is 1. The van der Waals surface area contributed by atoms with Gasteiger partial charge in [0, 0.05) is 6.04 Å². The third-order valence-electron chi connectivity index (χ3n) is 3.15. The Kier molecular flexibility index (Phi) is 5.41. The summed E-state index contributed by atoms with van der Waals surface area (Å²) in [7, 11) is 0. The Labute approximate surface area is 102 Å². The fourth-order valence-corrected chi connectivity index (χ4v) is 1.66. The first-order chi connectivity index (χ1) is 8.04. The largest absolute Gasteiger partial charge is 0.480 e. The number of amides is 1. The fourth-order valence-electron chi connectivity index (χ4n) is 1.66. The van der Waals surface area contributed by atoms with Crippen molar-refractivity contribution in [3.63, 3.8) is 0 Å². The number of carbonyl (C=O) groups excluding carboxylic acids is 1. The second-order valence-electron chi connectivity index (χ2n) is 4.75. The van der Waals surface area contributed by atoms with Crippen molar-refractivity contribution in [3.05, 3.63) is 0 Å². The van der Waals surface area contributed by atoms with Gasteiger partial charge in [0.1, 0.15) is 6.54 Å². The first-order valence-electron chi connectivity index (χ1n) is 6.26. The molecule has 1 saturated carbocycles. The Balaban J connectivity index is 2.36. The molecule has 0 aromatic carbocycles. The van der Waals surface area contributed by atoms with Gasteiger partial charge in [-0.05, 0) is 38.6 Å². The lowest BCUT2D eigenvalue weighted by Gasteiger charge is -2.27. The van der Waals surface area contributed by atoms with Gasteiger partial charge >= 0.3 is 5.97 Å². The molecule has 1 amide bonds. The minimum absolute atomic E-state index is 0.0266. The molecule has 0 aromatic rings. The van der Waals surface area contributed by atoms with Gasteiger partial charge in [-0.1, -0.05) is 6.92 Å². The minimum Gasteiger partial charge on any atom is -0.480 e. The summed E-state index contributed by atoms with van der Waals surface area (Å²) < 4.78 is 0. The van der Waals surface area contributed by atoms with E-state index in [4.69, 9.17) is 5.11 Å². The predicted molar refractivity (Wildman–Crippen MR) is 64.7 cm³/mol. The van der Waals surface area contributed by atoms with Crippen LogP contribution in [0.2, 0.25) is 0 Å². The molecule has 0 aliphatic heterocycles. The highest BCUT2D eigenvalue weighted by molar-refractivity contribution is 5.83. The number of hydrogen-bond acceptors (Lipinski definition) is 3. The highest BCUT2D eigenvalue weighted by Crippen LogP contribution is 2.27. The second kappa shape index (κ2) is 6.59. The number of nitrogens with one attached hydrogen (secondary N) is 1. The van der Waals surface area contributed by atoms with Gasteiger partial charge in [-0.15, -0.1) is 0 Å². The van der Waals surface area contributed by atoms with Crippen LogP contribution in [0.15, 0.2) is 0 Å². The van der Waals surface area contributed by atoms with E-state index in [0.717, 1.165) is 18.9 Å². The smallest absolute Gasteiger partial charge is 0.323 e. The van der Waals surface area contributed by atoms with Gasteiger partial charge in [0.25, 0.3) is 0 Å². The molecule has 0 heterocycles. The maximum absolute atomic E-state index is 11.9. The molecule has 2 N–H and O–H groups in total. The maximum atomic E-state index is 11.9. The molecule has 5 heteroatoms. The van der Waals surface area contributed by atoms with E-state index in [1.165, 1.54) is 17.7 Å². The van der Waals surface area contributed by atoms with Gasteiger partial charge in [0.15, 0.2) is 0 Å². The topological polar surface area (TPSA) is 69.6 Å².